The molecule has 0 aliphatic heterocycles. The Hall–Kier alpha value is -1.26. The number of nitrogens with one attached hydrogen (secondary N) is 1. The summed E-state index contributed by atoms with van der Waals surface area (Å²) < 4.78 is 5.24. The molecule has 0 radical (unpaired) electrons. The van der Waals surface area contributed by atoms with Gasteiger partial charge in [-0.1, -0.05) is 17.7 Å². The van der Waals surface area contributed by atoms with Crippen LogP contribution in [0.5, 0.6) is 0 Å². The summed E-state index contributed by atoms with van der Waals surface area (Å²) in [7, 11) is 0. The van der Waals surface area contributed by atoms with E-state index in [1.54, 1.807) is 26.8 Å². The van der Waals surface area contributed by atoms with Gasteiger partial charge in [0.2, 0.25) is 0 Å². The van der Waals surface area contributed by atoms with Crippen LogP contribution in [0.2, 0.25) is 5.02 Å². The van der Waals surface area contributed by atoms with Crippen molar-refractivity contribution in [1.29, 1.82) is 0 Å². The van der Waals surface area contributed by atoms with Gasteiger partial charge in [-0.15, -0.1) is 0 Å². The van der Waals surface area contributed by atoms with Crippen LogP contribution < -0.4 is 5.32 Å². The fraction of sp³-hybridized carbons (Fsp3) is 0.533. The van der Waals surface area contributed by atoms with Crippen molar-refractivity contribution in [3.63, 3.8) is 0 Å². The summed E-state index contributed by atoms with van der Waals surface area (Å²) >= 11 is 5.98. The van der Waals surface area contributed by atoms with E-state index >= 15 is 0 Å². The summed E-state index contributed by atoms with van der Waals surface area (Å²) in [5.74, 6) is 0. The molecule has 1 aromatic rings. The average Bonchev–Trinajstić information content (AvgIpc) is 2.30. The molecule has 0 unspecified atom stereocenters. The molecular formula is C15H20ClNO3. The maximum Gasteiger partial charge on any atom is 0.408 e. The molecule has 20 heavy (non-hydrogen) atoms. The Kier molecular flexibility index (Phi) is 4.25. The zero-order chi connectivity index (χ0) is 14.9. The Bertz CT molecular complexity index is 510. The highest BCUT2D eigenvalue weighted by molar-refractivity contribution is 6.30. The number of fused-ring (bicyclic) bond motifs is 1. The van der Waals surface area contributed by atoms with Crippen LogP contribution in [-0.2, 0) is 11.2 Å². The molecule has 0 saturated heterocycles. The molecule has 0 saturated carbocycles. The zero-order valence-electron chi connectivity index (χ0n) is 11.9. The molecule has 2 atom stereocenters. The van der Waals surface area contributed by atoms with Crippen LogP contribution in [0.4, 0.5) is 4.79 Å². The van der Waals surface area contributed by atoms with Crippen LogP contribution in [0, 0.1) is 0 Å². The average molecular weight is 298 g/mol. The summed E-state index contributed by atoms with van der Waals surface area (Å²) in [5, 5.41) is 13.5. The second kappa shape index (κ2) is 5.62. The smallest absolute Gasteiger partial charge is 0.408 e. The Morgan fingerprint density at radius 1 is 1.45 bits per heavy atom. The third kappa shape index (κ3) is 3.64. The van der Waals surface area contributed by atoms with E-state index in [1.807, 2.05) is 12.1 Å². The lowest BCUT2D eigenvalue weighted by molar-refractivity contribution is 0.0399. The Labute approximate surface area is 124 Å². The van der Waals surface area contributed by atoms with E-state index < -0.39 is 23.8 Å². The van der Waals surface area contributed by atoms with Gasteiger partial charge in [-0.2, -0.15) is 0 Å². The molecule has 0 aromatic heterocycles. The van der Waals surface area contributed by atoms with Crippen molar-refractivity contribution >= 4 is 17.7 Å². The number of rotatable bonds is 1. The van der Waals surface area contributed by atoms with E-state index in [1.165, 1.54) is 0 Å². The van der Waals surface area contributed by atoms with E-state index in [4.69, 9.17) is 16.3 Å². The maximum atomic E-state index is 11.9. The number of alkyl carbamates (subject to hydrolysis) is 1. The van der Waals surface area contributed by atoms with Gasteiger partial charge in [0.25, 0.3) is 0 Å². The molecule has 2 rings (SSSR count). The highest BCUT2D eigenvalue weighted by atomic mass is 35.5. The van der Waals surface area contributed by atoms with Gasteiger partial charge >= 0.3 is 6.09 Å². The van der Waals surface area contributed by atoms with Crippen molar-refractivity contribution < 1.29 is 14.6 Å². The van der Waals surface area contributed by atoms with Gasteiger partial charge in [0.1, 0.15) is 5.60 Å². The first-order valence-electron chi connectivity index (χ1n) is 6.72. The zero-order valence-corrected chi connectivity index (χ0v) is 12.7. The van der Waals surface area contributed by atoms with Crippen molar-refractivity contribution in [3.05, 3.63) is 34.3 Å². The monoisotopic (exact) mass is 297 g/mol. The summed E-state index contributed by atoms with van der Waals surface area (Å²) in [5.41, 5.74) is 1.40. The van der Waals surface area contributed by atoms with Gasteiger partial charge in [-0.3, -0.25) is 0 Å². The SMILES string of the molecule is CC(C)(C)OC(=O)N[C@@H]1c2ccc(Cl)cc2CC[C@@H]1O. The van der Waals surface area contributed by atoms with Crippen LogP contribution >= 0.6 is 11.6 Å². The molecule has 4 nitrogen and oxygen atoms in total. The predicted octanol–water partition coefficient (Wildman–Crippen LogP) is 3.21. The van der Waals surface area contributed by atoms with Crippen molar-refractivity contribution in [2.75, 3.05) is 0 Å². The minimum absolute atomic E-state index is 0.453. The molecule has 1 aromatic carbocycles. The van der Waals surface area contributed by atoms with Crippen LogP contribution in [0.15, 0.2) is 18.2 Å². The van der Waals surface area contributed by atoms with Crippen molar-refractivity contribution in [2.45, 2.75) is 51.4 Å². The number of aliphatic hydroxyl groups is 1. The lowest BCUT2D eigenvalue weighted by Gasteiger charge is -2.32. The van der Waals surface area contributed by atoms with Gasteiger partial charge in [-0.05, 0) is 56.9 Å². The molecule has 2 N–H and O–H groups in total. The number of benzene rings is 1. The Morgan fingerprint density at radius 2 is 2.15 bits per heavy atom. The van der Waals surface area contributed by atoms with Gasteiger partial charge in [0.05, 0.1) is 12.1 Å². The predicted molar refractivity (Wildman–Crippen MR) is 77.9 cm³/mol. The lowest BCUT2D eigenvalue weighted by Crippen LogP contribution is -2.41. The number of amides is 1. The van der Waals surface area contributed by atoms with Crippen molar-refractivity contribution in [2.24, 2.45) is 0 Å². The first-order chi connectivity index (χ1) is 9.26. The van der Waals surface area contributed by atoms with E-state index in [2.05, 4.69) is 5.32 Å². The minimum Gasteiger partial charge on any atom is -0.444 e. The molecule has 5 heteroatoms. The standard InChI is InChI=1S/C15H20ClNO3/c1-15(2,3)20-14(19)17-13-11-6-5-10(16)8-9(11)4-7-12(13)18/h5-6,8,12-13,18H,4,7H2,1-3H3,(H,17,19)/t12-,13+/m0/s1. The number of halogens is 1. The van der Waals surface area contributed by atoms with E-state index in [0.717, 1.165) is 17.5 Å². The van der Waals surface area contributed by atoms with E-state index in [0.29, 0.717) is 11.4 Å². The second-order valence-electron chi connectivity index (χ2n) is 6.07. The van der Waals surface area contributed by atoms with Gasteiger partial charge in [-0.25, -0.2) is 4.79 Å². The molecule has 0 fully saturated rings. The third-order valence-corrected chi connectivity index (χ3v) is 3.44. The minimum atomic E-state index is -0.615. The largest absolute Gasteiger partial charge is 0.444 e. The normalized spacial score (nSPS) is 22.1. The number of carbonyl (C=O) groups excluding carboxylic acids is 1. The summed E-state index contributed by atoms with van der Waals surface area (Å²) in [6.07, 6.45) is 0.206. The molecular weight excluding hydrogens is 278 g/mol. The van der Waals surface area contributed by atoms with Crippen molar-refractivity contribution in [1.82, 2.24) is 5.32 Å². The summed E-state index contributed by atoms with van der Waals surface area (Å²) in [6, 6.07) is 5.04. The molecule has 1 aliphatic rings. The molecule has 0 spiro atoms. The van der Waals surface area contributed by atoms with Crippen LogP contribution in [0.25, 0.3) is 0 Å². The fourth-order valence-electron chi connectivity index (χ4n) is 2.38. The van der Waals surface area contributed by atoms with Gasteiger partial charge in [0.15, 0.2) is 0 Å². The number of aliphatic hydroxyl groups excluding tert-OH is 1. The summed E-state index contributed by atoms with van der Waals surface area (Å²) in [6.45, 7) is 5.41. The van der Waals surface area contributed by atoms with Crippen molar-refractivity contribution in [3.8, 4) is 0 Å². The first kappa shape index (κ1) is 15.1. The highest BCUT2D eigenvalue weighted by Gasteiger charge is 2.30. The number of ether oxygens (including phenoxy) is 1. The van der Waals surface area contributed by atoms with Gasteiger partial charge < -0.3 is 15.2 Å². The number of hydrogen-bond acceptors (Lipinski definition) is 3. The quantitative estimate of drug-likeness (QED) is 0.837. The number of hydrogen-bond donors (Lipinski definition) is 2. The van der Waals surface area contributed by atoms with Gasteiger partial charge in [0, 0.05) is 5.02 Å². The first-order valence-corrected chi connectivity index (χ1v) is 7.10. The maximum absolute atomic E-state index is 11.9. The molecule has 110 valence electrons. The molecule has 1 amide bonds. The highest BCUT2D eigenvalue weighted by Crippen LogP contribution is 2.32. The number of carbonyl (C=O) groups is 1. The Balaban J connectivity index is 2.17. The summed E-state index contributed by atoms with van der Waals surface area (Å²) in [4.78, 5) is 11.9. The van der Waals surface area contributed by atoms with E-state index in [-0.39, 0.29) is 0 Å². The second-order valence-corrected chi connectivity index (χ2v) is 6.51. The topological polar surface area (TPSA) is 58.6 Å². The number of aryl methyl sites for hydroxylation is 1. The fourth-order valence-corrected chi connectivity index (χ4v) is 2.57. The Morgan fingerprint density at radius 3 is 2.80 bits per heavy atom. The molecule has 1 aliphatic carbocycles. The van der Waals surface area contributed by atoms with E-state index in [9.17, 15) is 9.90 Å². The molecule has 0 heterocycles. The van der Waals surface area contributed by atoms with Crippen LogP contribution in [-0.4, -0.2) is 22.9 Å². The lowest BCUT2D eigenvalue weighted by atomic mass is 9.86. The molecule has 0 bridgehead atoms. The van der Waals surface area contributed by atoms with Crippen LogP contribution in [0.1, 0.15) is 44.4 Å². The van der Waals surface area contributed by atoms with Crippen LogP contribution in [0.3, 0.4) is 0 Å². The third-order valence-electron chi connectivity index (χ3n) is 3.21.